The van der Waals surface area contributed by atoms with Crippen molar-refractivity contribution in [1.29, 1.82) is 0 Å². The van der Waals surface area contributed by atoms with Gasteiger partial charge in [0.05, 0.1) is 10.2 Å². The second-order valence-electron chi connectivity index (χ2n) is 11.4. The molecule has 3 aromatic carbocycles. The zero-order valence-electron chi connectivity index (χ0n) is 23.3. The number of benzene rings is 3. The number of nitrogens with zero attached hydrogens (tertiary/aromatic N) is 1. The average molecular weight is 546 g/mol. The van der Waals surface area contributed by atoms with Crippen LogP contribution in [0.4, 0.5) is 10.8 Å². The highest BCUT2D eigenvalue weighted by Gasteiger charge is 2.15. The first kappa shape index (κ1) is 28.1. The molecule has 0 fully saturated rings. The number of nitrogens with one attached hydrogen (secondary N) is 2. The van der Waals surface area contributed by atoms with Crippen molar-refractivity contribution in [2.75, 3.05) is 23.8 Å². The number of hydrogen-bond donors (Lipinski definition) is 2. The van der Waals surface area contributed by atoms with E-state index in [-0.39, 0.29) is 35.9 Å². The lowest BCUT2D eigenvalue weighted by Gasteiger charge is -2.19. The molecule has 0 bridgehead atoms. The van der Waals surface area contributed by atoms with E-state index in [1.807, 2.05) is 54.6 Å². The summed E-state index contributed by atoms with van der Waals surface area (Å²) >= 11 is 1.33. The normalized spacial score (nSPS) is 11.7. The highest BCUT2D eigenvalue weighted by atomic mass is 32.1. The first-order chi connectivity index (χ1) is 18.4. The molecular weight excluding hydrogens is 510 g/mol. The van der Waals surface area contributed by atoms with Gasteiger partial charge in [-0.15, -0.1) is 0 Å². The fourth-order valence-corrected chi connectivity index (χ4v) is 4.73. The molecule has 7 nitrogen and oxygen atoms in total. The molecule has 8 heteroatoms. The number of hydrogen-bond acceptors (Lipinski definition) is 6. The Morgan fingerprint density at radius 1 is 0.718 bits per heavy atom. The Morgan fingerprint density at radius 2 is 1.21 bits per heavy atom. The minimum absolute atomic E-state index is 0.0537. The molecule has 0 spiro atoms. The van der Waals surface area contributed by atoms with E-state index >= 15 is 0 Å². The van der Waals surface area contributed by atoms with Crippen molar-refractivity contribution in [3.05, 3.63) is 77.9 Å². The largest absolute Gasteiger partial charge is 0.484 e. The van der Waals surface area contributed by atoms with Crippen molar-refractivity contribution in [3.8, 4) is 11.5 Å². The maximum Gasteiger partial charge on any atom is 0.264 e. The molecule has 0 unspecified atom stereocenters. The van der Waals surface area contributed by atoms with E-state index in [4.69, 9.17) is 9.47 Å². The first-order valence-electron chi connectivity index (χ1n) is 12.8. The summed E-state index contributed by atoms with van der Waals surface area (Å²) in [6.45, 7) is 12.7. The zero-order valence-corrected chi connectivity index (χ0v) is 24.1. The molecule has 0 atom stereocenters. The van der Waals surface area contributed by atoms with Gasteiger partial charge in [0.25, 0.3) is 11.8 Å². The van der Waals surface area contributed by atoms with E-state index in [0.717, 1.165) is 10.2 Å². The standard InChI is InChI=1S/C31H35N3O4S/c1-30(2,3)20-7-12-23(13-8-20)37-18-27(35)32-22-11-16-25-26(17-22)39-29(33-25)34-28(36)19-38-24-14-9-21(10-15-24)31(4,5)6/h7-17H,18-19H2,1-6H3,(H,32,35)(H,33,34,36). The number of fused-ring (bicyclic) bond motifs is 1. The smallest absolute Gasteiger partial charge is 0.264 e. The molecule has 0 aliphatic carbocycles. The highest BCUT2D eigenvalue weighted by Crippen LogP contribution is 2.29. The third-order valence-electron chi connectivity index (χ3n) is 6.10. The van der Waals surface area contributed by atoms with Crippen molar-refractivity contribution in [2.24, 2.45) is 0 Å². The van der Waals surface area contributed by atoms with Crippen LogP contribution in [0.3, 0.4) is 0 Å². The molecule has 2 N–H and O–H groups in total. The minimum atomic E-state index is -0.296. The van der Waals surface area contributed by atoms with Gasteiger partial charge in [-0.2, -0.15) is 0 Å². The van der Waals surface area contributed by atoms with Gasteiger partial charge in [-0.05, 0) is 64.4 Å². The van der Waals surface area contributed by atoms with Gasteiger partial charge in [0.1, 0.15) is 11.5 Å². The SMILES string of the molecule is CC(C)(C)c1ccc(OCC(=O)Nc2ccc3nc(NC(=O)COc4ccc(C(C)(C)C)cc4)sc3c2)cc1. The van der Waals surface area contributed by atoms with Crippen molar-refractivity contribution in [1.82, 2.24) is 4.98 Å². The highest BCUT2D eigenvalue weighted by molar-refractivity contribution is 7.22. The van der Waals surface area contributed by atoms with Crippen LogP contribution in [0.2, 0.25) is 0 Å². The Kier molecular flexibility index (Phi) is 8.25. The van der Waals surface area contributed by atoms with Gasteiger partial charge < -0.3 is 14.8 Å². The van der Waals surface area contributed by atoms with E-state index in [1.54, 1.807) is 12.1 Å². The number of carbonyl (C=O) groups is 2. The van der Waals surface area contributed by atoms with Crippen LogP contribution in [-0.2, 0) is 20.4 Å². The summed E-state index contributed by atoms with van der Waals surface area (Å²) in [7, 11) is 0. The molecule has 0 aliphatic rings. The predicted octanol–water partition coefficient (Wildman–Crippen LogP) is 6.93. The quantitative estimate of drug-likeness (QED) is 0.251. The number of amides is 2. The second kappa shape index (κ2) is 11.5. The van der Waals surface area contributed by atoms with Crippen LogP contribution in [0.1, 0.15) is 52.7 Å². The minimum Gasteiger partial charge on any atom is -0.484 e. The summed E-state index contributed by atoms with van der Waals surface area (Å²) in [5, 5.41) is 6.10. The molecular formula is C31H35N3O4S. The molecule has 1 aromatic heterocycles. The first-order valence-corrected chi connectivity index (χ1v) is 13.7. The number of anilines is 2. The summed E-state index contributed by atoms with van der Waals surface area (Å²) in [4.78, 5) is 29.3. The lowest BCUT2D eigenvalue weighted by Crippen LogP contribution is -2.20. The molecule has 39 heavy (non-hydrogen) atoms. The second-order valence-corrected chi connectivity index (χ2v) is 12.5. The molecule has 204 valence electrons. The van der Waals surface area contributed by atoms with Gasteiger partial charge >= 0.3 is 0 Å². The third-order valence-corrected chi connectivity index (χ3v) is 7.03. The Bertz CT molecular complexity index is 1370. The van der Waals surface area contributed by atoms with Crippen molar-refractivity contribution < 1.29 is 19.1 Å². The van der Waals surface area contributed by atoms with Crippen molar-refractivity contribution in [2.45, 2.75) is 52.4 Å². The van der Waals surface area contributed by atoms with Crippen LogP contribution >= 0.6 is 11.3 Å². The topological polar surface area (TPSA) is 89.5 Å². The summed E-state index contributed by atoms with van der Waals surface area (Å²) < 4.78 is 12.1. The van der Waals surface area contributed by atoms with Gasteiger partial charge in [-0.25, -0.2) is 4.98 Å². The van der Waals surface area contributed by atoms with Gasteiger partial charge in [0, 0.05) is 5.69 Å². The summed E-state index contributed by atoms with van der Waals surface area (Å²) in [5.41, 5.74) is 3.86. The number of thiazole rings is 1. The molecule has 0 aliphatic heterocycles. The molecule has 4 aromatic rings. The monoisotopic (exact) mass is 545 g/mol. The predicted molar refractivity (Wildman–Crippen MR) is 158 cm³/mol. The van der Waals surface area contributed by atoms with Crippen LogP contribution in [0, 0.1) is 0 Å². The maximum absolute atomic E-state index is 12.4. The van der Waals surface area contributed by atoms with Crippen LogP contribution in [-0.4, -0.2) is 30.0 Å². The van der Waals surface area contributed by atoms with E-state index in [1.165, 1.54) is 22.5 Å². The molecule has 1 heterocycles. The van der Waals surface area contributed by atoms with E-state index in [2.05, 4.69) is 57.2 Å². The fourth-order valence-electron chi connectivity index (χ4n) is 3.81. The molecule has 0 saturated heterocycles. The van der Waals surface area contributed by atoms with Crippen LogP contribution < -0.4 is 20.1 Å². The van der Waals surface area contributed by atoms with Crippen LogP contribution in [0.25, 0.3) is 10.2 Å². The Morgan fingerprint density at radius 3 is 1.69 bits per heavy atom. The lowest BCUT2D eigenvalue weighted by molar-refractivity contribution is -0.118. The summed E-state index contributed by atoms with van der Waals surface area (Å²) in [6, 6.07) is 20.9. The third kappa shape index (κ3) is 7.80. The summed E-state index contributed by atoms with van der Waals surface area (Å²) in [6.07, 6.45) is 0. The van der Waals surface area contributed by atoms with E-state index in [0.29, 0.717) is 22.3 Å². The number of aromatic nitrogens is 1. The molecule has 0 radical (unpaired) electrons. The Balaban J connectivity index is 1.28. The van der Waals surface area contributed by atoms with Gasteiger partial charge in [0.15, 0.2) is 18.3 Å². The number of carbonyl (C=O) groups excluding carboxylic acids is 2. The van der Waals surface area contributed by atoms with E-state index in [9.17, 15) is 9.59 Å². The van der Waals surface area contributed by atoms with Gasteiger partial charge in [-0.3, -0.25) is 14.9 Å². The molecule has 4 rings (SSSR count). The van der Waals surface area contributed by atoms with Gasteiger partial charge in [-0.1, -0.05) is 77.1 Å². The molecule has 0 saturated carbocycles. The number of ether oxygens (including phenoxy) is 2. The van der Waals surface area contributed by atoms with Crippen molar-refractivity contribution >= 4 is 44.2 Å². The van der Waals surface area contributed by atoms with Crippen LogP contribution in [0.5, 0.6) is 11.5 Å². The Hall–Kier alpha value is -3.91. The zero-order chi connectivity index (χ0) is 28.2. The lowest BCUT2D eigenvalue weighted by atomic mass is 9.87. The van der Waals surface area contributed by atoms with Gasteiger partial charge in [0.2, 0.25) is 0 Å². The fraction of sp³-hybridized carbons (Fsp3) is 0.323. The molecule has 2 amide bonds. The van der Waals surface area contributed by atoms with E-state index < -0.39 is 0 Å². The maximum atomic E-state index is 12.4. The average Bonchev–Trinajstić information content (AvgIpc) is 3.27. The van der Waals surface area contributed by atoms with Crippen molar-refractivity contribution in [3.63, 3.8) is 0 Å². The summed E-state index contributed by atoms with van der Waals surface area (Å²) in [5.74, 6) is 0.714. The number of rotatable bonds is 8. The van der Waals surface area contributed by atoms with Crippen LogP contribution in [0.15, 0.2) is 66.7 Å². The Labute approximate surface area is 233 Å².